The molecule has 126 valence electrons. The number of hydrogen-bond acceptors (Lipinski definition) is 1. The Kier molecular flexibility index (Phi) is 7.04. The van der Waals surface area contributed by atoms with Gasteiger partial charge in [0.15, 0.2) is 0 Å². The van der Waals surface area contributed by atoms with Crippen molar-refractivity contribution in [3.05, 3.63) is 12.3 Å². The molecule has 1 heteroatoms. The highest BCUT2D eigenvalue weighted by atomic mass is 16.5. The molecule has 1 nitrogen and oxygen atoms in total. The minimum atomic E-state index is -0.104. The maximum Gasteiger partial charge on any atom is 0.108 e. The first-order chi connectivity index (χ1) is 9.27. The molecule has 0 rings (SSSR count). The maximum atomic E-state index is 6.48. The molecule has 0 fully saturated rings. The van der Waals surface area contributed by atoms with Crippen LogP contribution in [0.3, 0.4) is 0 Å². The Morgan fingerprint density at radius 1 is 1.00 bits per heavy atom. The highest BCUT2D eigenvalue weighted by Gasteiger charge is 2.37. The standard InChI is InChI=1S/C20H40O/c1-12-15(3)20(11,13-2)21-16(4)17(19(8,9)10)14-18(5,6)7/h15,17H,4,12-14H2,1-3,5-11H3. The average molecular weight is 297 g/mol. The summed E-state index contributed by atoms with van der Waals surface area (Å²) in [4.78, 5) is 0. The number of ether oxygens (including phenoxy) is 1. The second-order valence-corrected chi connectivity index (χ2v) is 9.23. The van der Waals surface area contributed by atoms with Gasteiger partial charge in [0, 0.05) is 5.92 Å². The molecule has 3 atom stereocenters. The van der Waals surface area contributed by atoms with Crippen LogP contribution in [0.25, 0.3) is 0 Å². The first-order valence-corrected chi connectivity index (χ1v) is 8.64. The van der Waals surface area contributed by atoms with E-state index in [4.69, 9.17) is 4.74 Å². The summed E-state index contributed by atoms with van der Waals surface area (Å²) >= 11 is 0. The van der Waals surface area contributed by atoms with Gasteiger partial charge >= 0.3 is 0 Å². The van der Waals surface area contributed by atoms with E-state index in [1.165, 1.54) is 0 Å². The van der Waals surface area contributed by atoms with Crippen molar-refractivity contribution < 1.29 is 4.74 Å². The molecule has 0 aromatic carbocycles. The predicted molar refractivity (Wildman–Crippen MR) is 95.4 cm³/mol. The Labute approximate surface area is 134 Å². The fourth-order valence-corrected chi connectivity index (χ4v) is 2.84. The Morgan fingerprint density at radius 3 is 1.76 bits per heavy atom. The molecule has 0 heterocycles. The molecule has 0 aromatic rings. The smallest absolute Gasteiger partial charge is 0.108 e. The van der Waals surface area contributed by atoms with Crippen LogP contribution in [-0.2, 0) is 4.74 Å². The van der Waals surface area contributed by atoms with Crippen LogP contribution >= 0.6 is 0 Å². The lowest BCUT2D eigenvalue weighted by atomic mass is 9.71. The number of hydrogen-bond donors (Lipinski definition) is 0. The number of rotatable bonds is 7. The summed E-state index contributed by atoms with van der Waals surface area (Å²) in [6.45, 7) is 27.1. The molecule has 0 radical (unpaired) electrons. The summed E-state index contributed by atoms with van der Waals surface area (Å²) in [5, 5.41) is 0. The highest BCUT2D eigenvalue weighted by Crippen LogP contribution is 2.43. The van der Waals surface area contributed by atoms with Gasteiger partial charge in [0.05, 0.1) is 5.76 Å². The first-order valence-electron chi connectivity index (χ1n) is 8.64. The molecular weight excluding hydrogens is 256 g/mol. The zero-order valence-electron chi connectivity index (χ0n) is 16.4. The molecule has 0 amide bonds. The summed E-state index contributed by atoms with van der Waals surface area (Å²) in [5.74, 6) is 1.89. The van der Waals surface area contributed by atoms with Crippen molar-refractivity contribution in [1.82, 2.24) is 0 Å². The molecule has 0 spiro atoms. The van der Waals surface area contributed by atoms with Gasteiger partial charge in [-0.05, 0) is 42.9 Å². The quantitative estimate of drug-likeness (QED) is 0.468. The van der Waals surface area contributed by atoms with Gasteiger partial charge in [0.2, 0.25) is 0 Å². The van der Waals surface area contributed by atoms with Gasteiger partial charge in [-0.2, -0.15) is 0 Å². The Balaban J connectivity index is 5.23. The molecule has 0 saturated heterocycles. The molecule has 0 saturated carbocycles. The van der Waals surface area contributed by atoms with Crippen LogP contribution in [0, 0.1) is 22.7 Å². The van der Waals surface area contributed by atoms with Crippen LogP contribution in [0.4, 0.5) is 0 Å². The van der Waals surface area contributed by atoms with E-state index in [2.05, 4.69) is 75.8 Å². The summed E-state index contributed by atoms with van der Waals surface area (Å²) in [5.41, 5.74) is 0.352. The van der Waals surface area contributed by atoms with E-state index in [0.29, 0.717) is 11.8 Å². The predicted octanol–water partition coefficient (Wildman–Crippen LogP) is 6.83. The van der Waals surface area contributed by atoms with Crippen molar-refractivity contribution in [1.29, 1.82) is 0 Å². The summed E-state index contributed by atoms with van der Waals surface area (Å²) in [6, 6.07) is 0. The molecule has 0 aliphatic heterocycles. The van der Waals surface area contributed by atoms with E-state index in [-0.39, 0.29) is 16.4 Å². The van der Waals surface area contributed by atoms with E-state index in [0.717, 1.165) is 25.0 Å². The van der Waals surface area contributed by atoms with Crippen LogP contribution in [0.1, 0.15) is 88.5 Å². The molecule has 0 aliphatic rings. The van der Waals surface area contributed by atoms with E-state index >= 15 is 0 Å². The molecule has 3 unspecified atom stereocenters. The minimum absolute atomic E-state index is 0.104. The second-order valence-electron chi connectivity index (χ2n) is 9.23. The first kappa shape index (κ1) is 20.5. The monoisotopic (exact) mass is 296 g/mol. The van der Waals surface area contributed by atoms with Crippen LogP contribution in [0.5, 0.6) is 0 Å². The lowest BCUT2D eigenvalue weighted by molar-refractivity contribution is -0.0556. The third-order valence-corrected chi connectivity index (χ3v) is 4.97. The number of allylic oxidation sites excluding steroid dienone is 1. The van der Waals surface area contributed by atoms with E-state index in [9.17, 15) is 0 Å². The van der Waals surface area contributed by atoms with Crippen molar-refractivity contribution in [3.63, 3.8) is 0 Å². The van der Waals surface area contributed by atoms with Crippen LogP contribution < -0.4 is 0 Å². The summed E-state index contributed by atoms with van der Waals surface area (Å²) in [7, 11) is 0. The maximum absolute atomic E-state index is 6.48. The third-order valence-electron chi connectivity index (χ3n) is 4.97. The van der Waals surface area contributed by atoms with Gasteiger partial charge in [-0.1, -0.05) is 68.9 Å². The molecule has 0 aliphatic carbocycles. The van der Waals surface area contributed by atoms with Crippen LogP contribution in [0.15, 0.2) is 12.3 Å². The van der Waals surface area contributed by atoms with Gasteiger partial charge < -0.3 is 4.74 Å². The molecule has 21 heavy (non-hydrogen) atoms. The van der Waals surface area contributed by atoms with Crippen LogP contribution in [0.2, 0.25) is 0 Å². The average Bonchev–Trinajstić information content (AvgIpc) is 2.32. The molecular formula is C20H40O. The highest BCUT2D eigenvalue weighted by molar-refractivity contribution is 5.01. The Hall–Kier alpha value is -0.460. The molecule has 0 aromatic heterocycles. The lowest BCUT2D eigenvalue weighted by Gasteiger charge is -2.42. The Bertz CT molecular complexity index is 329. The topological polar surface area (TPSA) is 9.23 Å². The molecule has 0 bridgehead atoms. The van der Waals surface area contributed by atoms with Crippen molar-refractivity contribution in [3.8, 4) is 0 Å². The van der Waals surface area contributed by atoms with Crippen molar-refractivity contribution in [2.75, 3.05) is 0 Å². The zero-order chi connectivity index (χ0) is 17.1. The summed E-state index contributed by atoms with van der Waals surface area (Å²) in [6.07, 6.45) is 3.26. The van der Waals surface area contributed by atoms with Gasteiger partial charge in [-0.25, -0.2) is 0 Å². The Morgan fingerprint density at radius 2 is 1.48 bits per heavy atom. The zero-order valence-corrected chi connectivity index (χ0v) is 16.4. The SMILES string of the molecule is C=C(OC(C)(CC)C(C)CC)C(CC(C)(C)C)C(C)(C)C. The second kappa shape index (κ2) is 7.20. The third kappa shape index (κ3) is 6.45. The van der Waals surface area contributed by atoms with Gasteiger partial charge in [-0.15, -0.1) is 0 Å². The van der Waals surface area contributed by atoms with Gasteiger partial charge in [0.25, 0.3) is 0 Å². The fourth-order valence-electron chi connectivity index (χ4n) is 2.84. The van der Waals surface area contributed by atoms with Crippen molar-refractivity contribution in [2.45, 2.75) is 94.1 Å². The van der Waals surface area contributed by atoms with Crippen molar-refractivity contribution in [2.24, 2.45) is 22.7 Å². The molecule has 0 N–H and O–H groups in total. The lowest BCUT2D eigenvalue weighted by Crippen LogP contribution is -2.38. The van der Waals surface area contributed by atoms with E-state index in [1.54, 1.807) is 0 Å². The van der Waals surface area contributed by atoms with Gasteiger partial charge in [-0.3, -0.25) is 0 Å². The van der Waals surface area contributed by atoms with Crippen molar-refractivity contribution >= 4 is 0 Å². The normalized spacial score (nSPS) is 18.8. The minimum Gasteiger partial charge on any atom is -0.492 e. The van der Waals surface area contributed by atoms with E-state index < -0.39 is 0 Å². The fraction of sp³-hybridized carbons (Fsp3) is 0.900. The summed E-state index contributed by atoms with van der Waals surface area (Å²) < 4.78 is 6.48. The van der Waals surface area contributed by atoms with E-state index in [1.807, 2.05) is 0 Å². The largest absolute Gasteiger partial charge is 0.492 e. The van der Waals surface area contributed by atoms with Gasteiger partial charge in [0.1, 0.15) is 5.60 Å². The van der Waals surface area contributed by atoms with Crippen LogP contribution in [-0.4, -0.2) is 5.60 Å².